The predicted octanol–water partition coefficient (Wildman–Crippen LogP) is 0.999. The van der Waals surface area contributed by atoms with Crippen molar-refractivity contribution in [2.45, 2.75) is 19.0 Å². The van der Waals surface area contributed by atoms with Crippen molar-refractivity contribution >= 4 is 6.72 Å². The molecule has 1 aliphatic rings. The SMILES string of the molecule is C=NC(CC1C=CC=CC1)NN. The first-order valence-corrected chi connectivity index (χ1v) is 4.12. The third-order valence-electron chi connectivity index (χ3n) is 2.01. The fourth-order valence-electron chi connectivity index (χ4n) is 1.29. The molecule has 0 radical (unpaired) electrons. The highest BCUT2D eigenvalue weighted by Gasteiger charge is 2.10. The molecule has 3 nitrogen and oxygen atoms in total. The number of hydrogen-bond donors (Lipinski definition) is 2. The fraction of sp³-hybridized carbons (Fsp3) is 0.444. The van der Waals surface area contributed by atoms with Gasteiger partial charge in [-0.2, -0.15) is 0 Å². The lowest BCUT2D eigenvalue weighted by Crippen LogP contribution is -2.34. The third-order valence-corrected chi connectivity index (χ3v) is 2.01. The summed E-state index contributed by atoms with van der Waals surface area (Å²) in [7, 11) is 0. The van der Waals surface area contributed by atoms with Crippen LogP contribution in [-0.4, -0.2) is 12.9 Å². The second-order valence-corrected chi connectivity index (χ2v) is 2.91. The summed E-state index contributed by atoms with van der Waals surface area (Å²) in [4.78, 5) is 3.86. The summed E-state index contributed by atoms with van der Waals surface area (Å²) in [6.45, 7) is 3.46. The van der Waals surface area contributed by atoms with Gasteiger partial charge >= 0.3 is 0 Å². The second-order valence-electron chi connectivity index (χ2n) is 2.91. The van der Waals surface area contributed by atoms with Crippen LogP contribution in [-0.2, 0) is 0 Å². The molecule has 12 heavy (non-hydrogen) atoms. The molecule has 0 spiro atoms. The molecular formula is C9H15N3. The Balaban J connectivity index is 2.34. The summed E-state index contributed by atoms with van der Waals surface area (Å²) < 4.78 is 0. The Hall–Kier alpha value is -0.930. The molecule has 3 N–H and O–H groups in total. The molecule has 0 amide bonds. The maximum absolute atomic E-state index is 5.27. The van der Waals surface area contributed by atoms with E-state index < -0.39 is 0 Å². The molecule has 0 aromatic rings. The summed E-state index contributed by atoms with van der Waals surface area (Å²) >= 11 is 0. The van der Waals surface area contributed by atoms with E-state index in [4.69, 9.17) is 5.84 Å². The fourth-order valence-corrected chi connectivity index (χ4v) is 1.29. The number of nitrogens with zero attached hydrogens (tertiary/aromatic N) is 1. The predicted molar refractivity (Wildman–Crippen MR) is 51.7 cm³/mol. The summed E-state index contributed by atoms with van der Waals surface area (Å²) in [5.74, 6) is 5.82. The summed E-state index contributed by atoms with van der Waals surface area (Å²) in [6, 6.07) is 0. The zero-order valence-corrected chi connectivity index (χ0v) is 7.11. The maximum atomic E-state index is 5.27. The molecule has 0 saturated carbocycles. The van der Waals surface area contributed by atoms with E-state index in [1.807, 2.05) is 0 Å². The van der Waals surface area contributed by atoms with Gasteiger partial charge in [-0.1, -0.05) is 24.3 Å². The van der Waals surface area contributed by atoms with Crippen LogP contribution in [0, 0.1) is 5.92 Å². The van der Waals surface area contributed by atoms with E-state index in [0.717, 1.165) is 12.8 Å². The van der Waals surface area contributed by atoms with Crippen molar-refractivity contribution in [2.24, 2.45) is 16.8 Å². The highest BCUT2D eigenvalue weighted by molar-refractivity contribution is 5.24. The molecule has 0 saturated heterocycles. The highest BCUT2D eigenvalue weighted by atomic mass is 15.3. The number of nitrogens with two attached hydrogens (primary N) is 1. The molecule has 0 bridgehead atoms. The molecule has 0 aromatic heterocycles. The van der Waals surface area contributed by atoms with Gasteiger partial charge in [-0.25, -0.2) is 5.43 Å². The average Bonchev–Trinajstić information content (AvgIpc) is 2.16. The third kappa shape index (κ3) is 2.60. The van der Waals surface area contributed by atoms with Crippen molar-refractivity contribution in [1.29, 1.82) is 0 Å². The topological polar surface area (TPSA) is 50.4 Å². The zero-order chi connectivity index (χ0) is 8.81. The van der Waals surface area contributed by atoms with Crippen molar-refractivity contribution in [3.05, 3.63) is 24.3 Å². The van der Waals surface area contributed by atoms with Crippen LogP contribution >= 0.6 is 0 Å². The van der Waals surface area contributed by atoms with Gasteiger partial charge in [-0.15, -0.1) is 0 Å². The molecule has 0 aromatic carbocycles. The molecule has 1 aliphatic carbocycles. The Kier molecular flexibility index (Phi) is 3.70. The zero-order valence-electron chi connectivity index (χ0n) is 7.11. The van der Waals surface area contributed by atoms with Crippen molar-refractivity contribution in [3.63, 3.8) is 0 Å². The minimum Gasteiger partial charge on any atom is -0.281 e. The van der Waals surface area contributed by atoms with E-state index in [2.05, 4.69) is 41.4 Å². The number of hydrogen-bond acceptors (Lipinski definition) is 3. The number of aliphatic imine (C=N–C) groups is 1. The van der Waals surface area contributed by atoms with Crippen LogP contribution in [0.3, 0.4) is 0 Å². The Morgan fingerprint density at radius 2 is 2.50 bits per heavy atom. The monoisotopic (exact) mass is 165 g/mol. The largest absolute Gasteiger partial charge is 0.281 e. The molecule has 0 aliphatic heterocycles. The van der Waals surface area contributed by atoms with E-state index >= 15 is 0 Å². The maximum Gasteiger partial charge on any atom is 0.111 e. The molecule has 2 unspecified atom stereocenters. The lowest BCUT2D eigenvalue weighted by atomic mass is 9.96. The normalized spacial score (nSPS) is 23.9. The van der Waals surface area contributed by atoms with Gasteiger partial charge in [0.2, 0.25) is 0 Å². The molecule has 1 rings (SSSR count). The lowest BCUT2D eigenvalue weighted by molar-refractivity contribution is 0.446. The van der Waals surface area contributed by atoms with E-state index in [-0.39, 0.29) is 6.17 Å². The number of nitrogens with one attached hydrogen (secondary N) is 1. The average molecular weight is 165 g/mol. The van der Waals surface area contributed by atoms with Crippen molar-refractivity contribution < 1.29 is 0 Å². The van der Waals surface area contributed by atoms with Gasteiger partial charge in [-0.05, 0) is 25.5 Å². The van der Waals surface area contributed by atoms with Gasteiger partial charge in [-0.3, -0.25) is 10.8 Å². The van der Waals surface area contributed by atoms with Crippen LogP contribution in [0.2, 0.25) is 0 Å². The van der Waals surface area contributed by atoms with E-state index in [0.29, 0.717) is 5.92 Å². The molecule has 0 fully saturated rings. The molecule has 66 valence electrons. The highest BCUT2D eigenvalue weighted by Crippen LogP contribution is 2.17. The van der Waals surface area contributed by atoms with Crippen LogP contribution in [0.15, 0.2) is 29.3 Å². The van der Waals surface area contributed by atoms with E-state index in [1.165, 1.54) is 0 Å². The Morgan fingerprint density at radius 1 is 1.67 bits per heavy atom. The Bertz CT molecular complexity index is 196. The summed E-state index contributed by atoms with van der Waals surface area (Å²) in [6.07, 6.45) is 10.4. The first-order valence-electron chi connectivity index (χ1n) is 4.12. The molecule has 0 heterocycles. The number of hydrazine groups is 1. The number of allylic oxidation sites excluding steroid dienone is 4. The molecule has 3 heteroatoms. The van der Waals surface area contributed by atoms with Crippen LogP contribution in [0.25, 0.3) is 0 Å². The Morgan fingerprint density at radius 3 is 3.00 bits per heavy atom. The standard InChI is InChI=1S/C9H15N3/c1-11-9(12-10)7-8-5-3-2-4-6-8/h2-5,8-9,12H,1,6-7,10H2. The van der Waals surface area contributed by atoms with E-state index in [1.54, 1.807) is 0 Å². The molecule has 2 atom stereocenters. The summed E-state index contributed by atoms with van der Waals surface area (Å²) in [5.41, 5.74) is 2.61. The van der Waals surface area contributed by atoms with Gasteiger partial charge in [0.15, 0.2) is 0 Å². The molecular weight excluding hydrogens is 150 g/mol. The van der Waals surface area contributed by atoms with Gasteiger partial charge < -0.3 is 0 Å². The van der Waals surface area contributed by atoms with Crippen molar-refractivity contribution in [2.75, 3.05) is 0 Å². The van der Waals surface area contributed by atoms with Gasteiger partial charge in [0, 0.05) is 0 Å². The van der Waals surface area contributed by atoms with Gasteiger partial charge in [0.1, 0.15) is 6.17 Å². The van der Waals surface area contributed by atoms with Crippen LogP contribution in [0.4, 0.5) is 0 Å². The van der Waals surface area contributed by atoms with Crippen LogP contribution < -0.4 is 11.3 Å². The van der Waals surface area contributed by atoms with Gasteiger partial charge in [0.25, 0.3) is 0 Å². The second kappa shape index (κ2) is 4.85. The number of rotatable bonds is 4. The smallest absolute Gasteiger partial charge is 0.111 e. The first kappa shape index (κ1) is 9.16. The minimum absolute atomic E-state index is 0.0221. The van der Waals surface area contributed by atoms with Gasteiger partial charge in [0.05, 0.1) is 0 Å². The van der Waals surface area contributed by atoms with Crippen molar-refractivity contribution in [1.82, 2.24) is 5.43 Å². The van der Waals surface area contributed by atoms with Crippen LogP contribution in [0.1, 0.15) is 12.8 Å². The van der Waals surface area contributed by atoms with Crippen LogP contribution in [0.5, 0.6) is 0 Å². The lowest BCUT2D eigenvalue weighted by Gasteiger charge is -2.17. The minimum atomic E-state index is -0.0221. The summed E-state index contributed by atoms with van der Waals surface area (Å²) in [5, 5.41) is 0. The van der Waals surface area contributed by atoms with Crippen molar-refractivity contribution in [3.8, 4) is 0 Å². The van der Waals surface area contributed by atoms with E-state index in [9.17, 15) is 0 Å². The first-order chi connectivity index (χ1) is 5.86. The quantitative estimate of drug-likeness (QED) is 0.371. The Labute approximate surface area is 73.0 Å².